The van der Waals surface area contributed by atoms with Crippen LogP contribution in [0.1, 0.15) is 65.1 Å². The lowest BCUT2D eigenvalue weighted by Crippen LogP contribution is -2.31. The Labute approximate surface area is 235 Å². The van der Waals surface area contributed by atoms with Crippen molar-refractivity contribution in [1.82, 2.24) is 10.2 Å². The Balaban J connectivity index is 1.67. The monoisotopic (exact) mass is 552 g/mol. The van der Waals surface area contributed by atoms with E-state index < -0.39 is 6.10 Å². The summed E-state index contributed by atoms with van der Waals surface area (Å²) in [7, 11) is 4.74. The van der Waals surface area contributed by atoms with E-state index >= 15 is 0 Å². The van der Waals surface area contributed by atoms with Gasteiger partial charge >= 0.3 is 0 Å². The van der Waals surface area contributed by atoms with Crippen molar-refractivity contribution in [2.75, 3.05) is 52.4 Å². The van der Waals surface area contributed by atoms with Crippen molar-refractivity contribution in [3.05, 3.63) is 52.1 Å². The highest BCUT2D eigenvalue weighted by molar-refractivity contribution is 6.08. The molecule has 0 aliphatic carbocycles. The number of nitrogens with zero attached hydrogens (tertiary/aromatic N) is 2. The van der Waals surface area contributed by atoms with Gasteiger partial charge in [-0.05, 0) is 42.2 Å². The van der Waals surface area contributed by atoms with Crippen molar-refractivity contribution < 1.29 is 28.9 Å². The van der Waals surface area contributed by atoms with Gasteiger partial charge < -0.3 is 34.4 Å². The number of Topliss-reactive ketones (excluding diaryl/α,β-unsaturated/α-hetero) is 1. The maximum Gasteiger partial charge on any atom is 0.254 e. The van der Waals surface area contributed by atoms with Crippen LogP contribution in [0.15, 0.2) is 24.3 Å². The number of carbonyl (C=O) groups excluding carboxylic acids is 2. The van der Waals surface area contributed by atoms with Gasteiger partial charge in [0, 0.05) is 50.5 Å². The van der Waals surface area contributed by atoms with Gasteiger partial charge in [-0.1, -0.05) is 20.8 Å². The van der Waals surface area contributed by atoms with E-state index in [-0.39, 0.29) is 35.6 Å². The summed E-state index contributed by atoms with van der Waals surface area (Å²) >= 11 is 0. The topological polar surface area (TPSA) is 124 Å². The van der Waals surface area contributed by atoms with Crippen LogP contribution in [0, 0.1) is 5.41 Å². The van der Waals surface area contributed by atoms with Crippen molar-refractivity contribution in [1.29, 1.82) is 5.41 Å². The summed E-state index contributed by atoms with van der Waals surface area (Å²) in [6.45, 7) is 9.61. The van der Waals surface area contributed by atoms with Crippen LogP contribution in [0.2, 0.25) is 0 Å². The van der Waals surface area contributed by atoms with Crippen molar-refractivity contribution in [2.45, 2.75) is 51.9 Å². The summed E-state index contributed by atoms with van der Waals surface area (Å²) < 4.78 is 17.0. The molecule has 0 saturated carbocycles. The van der Waals surface area contributed by atoms with Gasteiger partial charge in [-0.3, -0.25) is 15.0 Å². The molecular weight excluding hydrogens is 512 g/mol. The molecule has 0 bridgehead atoms. The van der Waals surface area contributed by atoms with Crippen LogP contribution in [0.5, 0.6) is 11.5 Å². The number of hydrogen-bond acceptors (Lipinski definition) is 8. The number of ether oxygens (including phenoxy) is 3. The molecule has 0 aromatic heterocycles. The Morgan fingerprint density at radius 2 is 1.88 bits per heavy atom. The molecule has 1 saturated heterocycles. The number of aliphatic hydroxyl groups excluding tert-OH is 1. The average molecular weight is 553 g/mol. The van der Waals surface area contributed by atoms with Gasteiger partial charge in [0.15, 0.2) is 5.78 Å². The molecule has 2 aliphatic rings. The molecule has 4 rings (SSSR count). The molecule has 10 nitrogen and oxygen atoms in total. The quantitative estimate of drug-likeness (QED) is 0.406. The van der Waals surface area contributed by atoms with Crippen LogP contribution in [0.3, 0.4) is 0 Å². The molecule has 1 fully saturated rings. The Hall–Kier alpha value is -3.63. The second kappa shape index (κ2) is 11.5. The number of fused-ring (bicyclic) bond motifs is 1. The number of methoxy groups -OCH3 is 2. The van der Waals surface area contributed by atoms with Gasteiger partial charge in [-0.25, -0.2) is 0 Å². The van der Waals surface area contributed by atoms with Gasteiger partial charge in [0.2, 0.25) is 0 Å². The summed E-state index contributed by atoms with van der Waals surface area (Å²) in [6, 6.07) is 7.14. The summed E-state index contributed by atoms with van der Waals surface area (Å²) in [5, 5.41) is 21.9. The van der Waals surface area contributed by atoms with Crippen LogP contribution in [-0.4, -0.2) is 87.2 Å². The fourth-order valence-electron chi connectivity index (χ4n) is 5.38. The molecule has 216 valence electrons. The largest absolute Gasteiger partial charge is 0.494 e. The minimum absolute atomic E-state index is 0.00847. The number of benzene rings is 2. The van der Waals surface area contributed by atoms with E-state index in [1.807, 2.05) is 24.0 Å². The zero-order valence-corrected chi connectivity index (χ0v) is 24.4. The molecule has 2 heterocycles. The zero-order chi connectivity index (χ0) is 29.4. The highest BCUT2D eigenvalue weighted by Crippen LogP contribution is 2.41. The molecule has 1 amide bonds. The van der Waals surface area contributed by atoms with E-state index in [0.717, 1.165) is 16.8 Å². The molecule has 0 radical (unpaired) electrons. The molecule has 0 spiro atoms. The fraction of sp³-hybridized carbons (Fsp3) is 0.500. The number of hydrogen-bond donors (Lipinski definition) is 3. The van der Waals surface area contributed by atoms with E-state index in [9.17, 15) is 14.7 Å². The molecule has 40 heavy (non-hydrogen) atoms. The van der Waals surface area contributed by atoms with E-state index in [2.05, 4.69) is 26.1 Å². The first-order chi connectivity index (χ1) is 18.9. The smallest absolute Gasteiger partial charge is 0.254 e. The highest BCUT2D eigenvalue weighted by Gasteiger charge is 2.35. The minimum atomic E-state index is -0.656. The molecule has 2 aromatic carbocycles. The van der Waals surface area contributed by atoms with E-state index in [0.29, 0.717) is 54.4 Å². The molecule has 2 atom stereocenters. The Kier molecular flexibility index (Phi) is 8.41. The number of amidine groups is 1. The van der Waals surface area contributed by atoms with E-state index in [4.69, 9.17) is 19.6 Å². The van der Waals surface area contributed by atoms with Gasteiger partial charge in [-0.15, -0.1) is 0 Å². The number of ketones is 1. The second-order valence-corrected chi connectivity index (χ2v) is 11.2. The minimum Gasteiger partial charge on any atom is -0.494 e. The number of rotatable bonds is 9. The summed E-state index contributed by atoms with van der Waals surface area (Å²) in [5.41, 5.74) is 3.58. The number of amides is 1. The van der Waals surface area contributed by atoms with Gasteiger partial charge in [-0.2, -0.15) is 0 Å². The molecular formula is C30H40N4O6. The SMILES string of the molecule is CCOc1cc2c(cc1C(=O)NC)C(=N)N(CC(=O)c1cc(N3C[C@@H](O)[C@H](OC)C3)c(OC)c(C(C)(C)C)c1)C2. The third kappa shape index (κ3) is 5.51. The van der Waals surface area contributed by atoms with Crippen LogP contribution >= 0.6 is 0 Å². The van der Waals surface area contributed by atoms with Gasteiger partial charge in [0.1, 0.15) is 23.4 Å². The van der Waals surface area contributed by atoms with Crippen LogP contribution in [-0.2, 0) is 16.7 Å². The normalized spacial score (nSPS) is 18.6. The molecule has 3 N–H and O–H groups in total. The first-order valence-electron chi connectivity index (χ1n) is 13.5. The molecule has 2 aromatic rings. The lowest BCUT2D eigenvalue weighted by molar-refractivity contribution is 0.0217. The number of nitrogens with one attached hydrogen (secondary N) is 2. The van der Waals surface area contributed by atoms with Crippen molar-refractivity contribution in [2.24, 2.45) is 0 Å². The maximum absolute atomic E-state index is 13.8. The van der Waals surface area contributed by atoms with Gasteiger partial charge in [0.05, 0.1) is 37.6 Å². The third-order valence-electron chi connectivity index (χ3n) is 7.53. The predicted molar refractivity (Wildman–Crippen MR) is 153 cm³/mol. The summed E-state index contributed by atoms with van der Waals surface area (Å²) in [5.74, 6) is 0.869. The number of aliphatic hydroxyl groups is 1. The van der Waals surface area contributed by atoms with Gasteiger partial charge in [0.25, 0.3) is 5.91 Å². The van der Waals surface area contributed by atoms with Crippen molar-refractivity contribution in [3.63, 3.8) is 0 Å². The van der Waals surface area contributed by atoms with E-state index in [1.165, 1.54) is 0 Å². The fourth-order valence-corrected chi connectivity index (χ4v) is 5.38. The van der Waals surface area contributed by atoms with Crippen LogP contribution in [0.4, 0.5) is 5.69 Å². The molecule has 10 heteroatoms. The Morgan fingerprint density at radius 1 is 1.15 bits per heavy atom. The molecule has 2 aliphatic heterocycles. The molecule has 0 unspecified atom stereocenters. The first kappa shape index (κ1) is 29.4. The first-order valence-corrected chi connectivity index (χ1v) is 13.5. The van der Waals surface area contributed by atoms with Crippen molar-refractivity contribution in [3.8, 4) is 11.5 Å². The lowest BCUT2D eigenvalue weighted by Gasteiger charge is -2.29. The average Bonchev–Trinajstić information content (AvgIpc) is 3.44. The summed E-state index contributed by atoms with van der Waals surface area (Å²) in [4.78, 5) is 29.9. The highest BCUT2D eigenvalue weighted by atomic mass is 16.5. The zero-order valence-electron chi connectivity index (χ0n) is 24.4. The Bertz CT molecular complexity index is 1320. The summed E-state index contributed by atoms with van der Waals surface area (Å²) in [6.07, 6.45) is -0.996. The lowest BCUT2D eigenvalue weighted by atomic mass is 9.84. The van der Waals surface area contributed by atoms with E-state index in [1.54, 1.807) is 38.3 Å². The maximum atomic E-state index is 13.8. The number of carbonyl (C=O) groups is 2. The van der Waals surface area contributed by atoms with Crippen LogP contribution < -0.4 is 19.7 Å². The number of anilines is 1. The van der Waals surface area contributed by atoms with Crippen molar-refractivity contribution >= 4 is 23.2 Å². The third-order valence-corrected chi connectivity index (χ3v) is 7.53. The predicted octanol–water partition coefficient (Wildman–Crippen LogP) is 2.97. The van der Waals surface area contributed by atoms with Crippen LogP contribution in [0.25, 0.3) is 0 Å². The number of β-amino-alcohol motifs (C(OH)–C–C–N with tert-alkyl or cyclic N) is 1. The Morgan fingerprint density at radius 3 is 2.45 bits per heavy atom. The standard InChI is InChI=1S/C30H40N4O6/c1-8-40-25-11-18-13-34(28(31)19(18)12-20(25)29(37)32-5)14-23(35)17-9-21(30(2,3)4)27(39-7)22(10-17)33-15-24(36)26(16-33)38-6/h9-12,24,26,31,36H,8,13-16H2,1-7H3,(H,32,37)/t24-,26-/m1/s1. The second-order valence-electron chi connectivity index (χ2n) is 11.2.